The Morgan fingerprint density at radius 1 is 1.23 bits per heavy atom. The number of hydrogen-bond acceptors (Lipinski definition) is 7. The molecule has 1 aromatic heterocycles. The molecule has 0 aliphatic carbocycles. The SMILES string of the molecule is CNc1cc(C)c(Nc2nc(-c3ccc(C#N)cc3)cs2)cc1[N+](=O)[O-]. The highest BCUT2D eigenvalue weighted by Gasteiger charge is 2.16. The maximum atomic E-state index is 11.2. The molecule has 1 heterocycles. The van der Waals surface area contributed by atoms with Crippen molar-refractivity contribution < 1.29 is 4.92 Å². The lowest BCUT2D eigenvalue weighted by molar-refractivity contribution is -0.383. The predicted octanol–water partition coefficient (Wildman–Crippen LogP) is 4.68. The van der Waals surface area contributed by atoms with Gasteiger partial charge in [-0.25, -0.2) is 4.98 Å². The summed E-state index contributed by atoms with van der Waals surface area (Å²) in [5.74, 6) is 0. The molecule has 130 valence electrons. The van der Waals surface area contributed by atoms with Crippen molar-refractivity contribution in [2.75, 3.05) is 17.7 Å². The minimum atomic E-state index is -0.416. The van der Waals surface area contributed by atoms with E-state index < -0.39 is 4.92 Å². The van der Waals surface area contributed by atoms with Crippen molar-refractivity contribution >= 4 is 33.5 Å². The summed E-state index contributed by atoms with van der Waals surface area (Å²) in [4.78, 5) is 15.4. The van der Waals surface area contributed by atoms with Crippen molar-refractivity contribution in [3.63, 3.8) is 0 Å². The van der Waals surface area contributed by atoms with E-state index in [1.54, 1.807) is 25.2 Å². The number of aryl methyl sites for hydroxylation is 1. The summed E-state index contributed by atoms with van der Waals surface area (Å²) in [5, 5.41) is 28.6. The number of nitriles is 1. The Hall–Kier alpha value is -3.44. The van der Waals surface area contributed by atoms with Gasteiger partial charge in [-0.15, -0.1) is 11.3 Å². The normalized spacial score (nSPS) is 10.2. The molecule has 8 heteroatoms. The molecule has 0 spiro atoms. The van der Waals surface area contributed by atoms with Gasteiger partial charge in [-0.05, 0) is 30.7 Å². The second-order valence-electron chi connectivity index (χ2n) is 5.54. The maximum absolute atomic E-state index is 11.2. The number of hydrogen-bond donors (Lipinski definition) is 2. The first-order valence-electron chi connectivity index (χ1n) is 7.71. The van der Waals surface area contributed by atoms with Crippen molar-refractivity contribution in [2.45, 2.75) is 6.92 Å². The molecule has 0 aliphatic heterocycles. The molecule has 0 saturated heterocycles. The highest BCUT2D eigenvalue weighted by molar-refractivity contribution is 7.14. The average molecular weight is 365 g/mol. The summed E-state index contributed by atoms with van der Waals surface area (Å²) in [6.07, 6.45) is 0. The van der Waals surface area contributed by atoms with Crippen LogP contribution in [0.2, 0.25) is 0 Å². The summed E-state index contributed by atoms with van der Waals surface area (Å²) < 4.78 is 0. The molecule has 0 unspecified atom stereocenters. The number of rotatable bonds is 5. The molecule has 3 rings (SSSR count). The number of nitrogens with one attached hydrogen (secondary N) is 2. The van der Waals surface area contributed by atoms with E-state index >= 15 is 0 Å². The van der Waals surface area contributed by atoms with Crippen LogP contribution in [0.4, 0.5) is 22.2 Å². The molecule has 0 saturated carbocycles. The Morgan fingerprint density at radius 3 is 2.58 bits per heavy atom. The summed E-state index contributed by atoms with van der Waals surface area (Å²) in [5.41, 5.74) is 4.25. The van der Waals surface area contributed by atoms with Crippen LogP contribution in [0.3, 0.4) is 0 Å². The van der Waals surface area contributed by atoms with Crippen molar-refractivity contribution in [2.24, 2.45) is 0 Å². The van der Waals surface area contributed by atoms with Gasteiger partial charge >= 0.3 is 0 Å². The maximum Gasteiger partial charge on any atom is 0.294 e. The number of nitro groups is 1. The Labute approximate surface area is 154 Å². The van der Waals surface area contributed by atoms with Gasteiger partial charge in [-0.2, -0.15) is 5.26 Å². The number of benzene rings is 2. The predicted molar refractivity (Wildman–Crippen MR) is 103 cm³/mol. The fraction of sp³-hybridized carbons (Fsp3) is 0.111. The van der Waals surface area contributed by atoms with Gasteiger partial charge in [0.25, 0.3) is 5.69 Å². The lowest BCUT2D eigenvalue weighted by Crippen LogP contribution is -2.00. The lowest BCUT2D eigenvalue weighted by atomic mass is 10.1. The van der Waals surface area contributed by atoms with Crippen molar-refractivity contribution in [3.8, 4) is 17.3 Å². The number of nitrogens with zero attached hydrogens (tertiary/aromatic N) is 3. The molecule has 0 atom stereocenters. The number of anilines is 3. The third-order valence-corrected chi connectivity index (χ3v) is 4.62. The number of aromatic nitrogens is 1. The van der Waals surface area contributed by atoms with Gasteiger partial charge in [0.1, 0.15) is 5.69 Å². The van der Waals surface area contributed by atoms with E-state index in [0.29, 0.717) is 22.1 Å². The van der Waals surface area contributed by atoms with E-state index in [-0.39, 0.29) is 5.69 Å². The zero-order valence-electron chi connectivity index (χ0n) is 14.1. The third-order valence-electron chi connectivity index (χ3n) is 3.86. The molecular formula is C18H15N5O2S. The molecule has 0 fully saturated rings. The standard InChI is InChI=1S/C18H15N5O2S/c1-11-7-15(20-2)17(23(24)25)8-14(11)21-18-22-16(10-26-18)13-5-3-12(9-19)4-6-13/h3-8,10,20H,1-2H3,(H,21,22). The number of thiazole rings is 1. The largest absolute Gasteiger partial charge is 0.383 e. The zero-order valence-corrected chi connectivity index (χ0v) is 14.9. The second kappa shape index (κ2) is 7.21. The summed E-state index contributed by atoms with van der Waals surface area (Å²) in [6.45, 7) is 1.88. The molecule has 0 radical (unpaired) electrons. The molecule has 2 aromatic carbocycles. The van der Waals surface area contributed by atoms with Crippen molar-refractivity contribution in [1.29, 1.82) is 5.26 Å². The lowest BCUT2D eigenvalue weighted by Gasteiger charge is -2.10. The zero-order chi connectivity index (χ0) is 18.7. The van der Waals surface area contributed by atoms with Gasteiger partial charge < -0.3 is 10.6 Å². The summed E-state index contributed by atoms with van der Waals surface area (Å²) in [7, 11) is 1.65. The summed E-state index contributed by atoms with van der Waals surface area (Å²) >= 11 is 1.41. The fourth-order valence-corrected chi connectivity index (χ4v) is 3.21. The number of nitro benzene ring substituents is 1. The van der Waals surface area contributed by atoms with Crippen LogP contribution in [-0.2, 0) is 0 Å². The van der Waals surface area contributed by atoms with Gasteiger partial charge in [-0.3, -0.25) is 10.1 Å². The van der Waals surface area contributed by atoms with Crippen LogP contribution in [0.1, 0.15) is 11.1 Å². The van der Waals surface area contributed by atoms with Gasteiger partial charge in [0.15, 0.2) is 5.13 Å². The second-order valence-corrected chi connectivity index (χ2v) is 6.40. The quantitative estimate of drug-likeness (QED) is 0.502. The first-order valence-corrected chi connectivity index (χ1v) is 8.59. The van der Waals surface area contributed by atoms with Crippen molar-refractivity contribution in [3.05, 3.63) is 63.0 Å². The van der Waals surface area contributed by atoms with E-state index in [2.05, 4.69) is 21.7 Å². The van der Waals surface area contributed by atoms with E-state index in [9.17, 15) is 10.1 Å². The minimum Gasteiger partial charge on any atom is -0.383 e. The first-order chi connectivity index (χ1) is 12.5. The van der Waals surface area contributed by atoms with Crippen LogP contribution >= 0.6 is 11.3 Å². The molecule has 7 nitrogen and oxygen atoms in total. The van der Waals surface area contributed by atoms with Crippen LogP contribution in [0.5, 0.6) is 0 Å². The average Bonchev–Trinajstić information content (AvgIpc) is 3.11. The fourth-order valence-electron chi connectivity index (χ4n) is 2.48. The molecule has 2 N–H and O–H groups in total. The van der Waals surface area contributed by atoms with Gasteiger partial charge in [0, 0.05) is 24.1 Å². The first kappa shape index (κ1) is 17.4. The van der Waals surface area contributed by atoms with Gasteiger partial charge in [0.2, 0.25) is 0 Å². The Morgan fingerprint density at radius 2 is 1.96 bits per heavy atom. The third kappa shape index (κ3) is 3.48. The van der Waals surface area contributed by atoms with Crippen LogP contribution in [0.25, 0.3) is 11.3 Å². The van der Waals surface area contributed by atoms with E-state index in [1.807, 2.05) is 24.4 Å². The van der Waals surface area contributed by atoms with Crippen molar-refractivity contribution in [1.82, 2.24) is 4.98 Å². The van der Waals surface area contributed by atoms with E-state index in [0.717, 1.165) is 16.8 Å². The summed E-state index contributed by atoms with van der Waals surface area (Å²) in [6, 6.07) is 12.5. The molecule has 0 bridgehead atoms. The van der Waals surface area contributed by atoms with Gasteiger partial charge in [-0.1, -0.05) is 12.1 Å². The Kier molecular flexibility index (Phi) is 4.82. The molecule has 0 aliphatic rings. The molecule has 0 amide bonds. The molecular weight excluding hydrogens is 350 g/mol. The van der Waals surface area contributed by atoms with Crippen LogP contribution in [0.15, 0.2) is 41.8 Å². The smallest absolute Gasteiger partial charge is 0.294 e. The van der Waals surface area contributed by atoms with Gasteiger partial charge in [0.05, 0.1) is 27.9 Å². The molecule has 26 heavy (non-hydrogen) atoms. The monoisotopic (exact) mass is 365 g/mol. The van der Waals surface area contributed by atoms with E-state index in [1.165, 1.54) is 17.4 Å². The minimum absolute atomic E-state index is 0.00414. The molecule has 3 aromatic rings. The Balaban J connectivity index is 1.88. The Bertz CT molecular complexity index is 1010. The van der Waals surface area contributed by atoms with Crippen LogP contribution < -0.4 is 10.6 Å². The van der Waals surface area contributed by atoms with E-state index in [4.69, 9.17) is 5.26 Å². The van der Waals surface area contributed by atoms with Crippen LogP contribution in [-0.4, -0.2) is 17.0 Å². The van der Waals surface area contributed by atoms with Crippen LogP contribution in [0, 0.1) is 28.4 Å². The highest BCUT2D eigenvalue weighted by Crippen LogP contribution is 2.34. The highest BCUT2D eigenvalue weighted by atomic mass is 32.1. The topological polar surface area (TPSA) is 104 Å².